The van der Waals surface area contributed by atoms with E-state index in [9.17, 15) is 14.4 Å². The van der Waals surface area contributed by atoms with Gasteiger partial charge in [0.1, 0.15) is 16.9 Å². The molecule has 0 radical (unpaired) electrons. The summed E-state index contributed by atoms with van der Waals surface area (Å²) in [5.74, 6) is -1.19. The number of benzene rings is 1. The number of carbonyl (C=O) groups excluding carboxylic acids is 3. The van der Waals surface area contributed by atoms with Gasteiger partial charge in [-0.15, -0.1) is 0 Å². The third-order valence-electron chi connectivity index (χ3n) is 4.86. The summed E-state index contributed by atoms with van der Waals surface area (Å²) in [6, 6.07) is 4.69. The molecular formula is C24H29N5O5. The summed E-state index contributed by atoms with van der Waals surface area (Å²) in [4.78, 5) is 41.3. The number of methoxy groups -OCH3 is 1. The van der Waals surface area contributed by atoms with Crippen LogP contribution in [0.5, 0.6) is 5.75 Å². The number of aromatic amines is 1. The Bertz CT molecular complexity index is 1280. The highest BCUT2D eigenvalue weighted by Gasteiger charge is 2.23. The van der Waals surface area contributed by atoms with Gasteiger partial charge in [0.25, 0.3) is 11.8 Å². The molecule has 0 bridgehead atoms. The molecule has 34 heavy (non-hydrogen) atoms. The van der Waals surface area contributed by atoms with Crippen LogP contribution in [0.25, 0.3) is 22.0 Å². The lowest BCUT2D eigenvalue weighted by atomic mass is 10.0. The molecule has 3 rings (SSSR count). The molecule has 3 aromatic rings. The smallest absolute Gasteiger partial charge is 0.308 e. The van der Waals surface area contributed by atoms with Crippen LogP contribution in [0.4, 0.5) is 0 Å². The van der Waals surface area contributed by atoms with Crippen molar-refractivity contribution < 1.29 is 25.2 Å². The van der Waals surface area contributed by atoms with Gasteiger partial charge in [0.15, 0.2) is 5.69 Å². The average Bonchev–Trinajstić information content (AvgIpc) is 3.19. The van der Waals surface area contributed by atoms with Crippen molar-refractivity contribution in [3.8, 4) is 16.9 Å². The fraction of sp³-hybridized carbons (Fsp3) is 0.375. The van der Waals surface area contributed by atoms with Crippen LogP contribution in [0.3, 0.4) is 0 Å². The fourth-order valence-electron chi connectivity index (χ4n) is 3.44. The average molecular weight is 469 g/mol. The van der Waals surface area contributed by atoms with E-state index in [1.54, 1.807) is 45.9 Å². The molecule has 0 saturated heterocycles. The minimum Gasteiger partial charge on any atom is -0.495 e. The summed E-state index contributed by atoms with van der Waals surface area (Å²) in [6.07, 6.45) is 1.15. The summed E-state index contributed by atoms with van der Waals surface area (Å²) >= 11 is 0. The number of fused-ring (bicyclic) bond motifs is 1. The first-order valence-corrected chi connectivity index (χ1v) is 10.7. The first kappa shape index (κ1) is 23.2. The second-order valence-corrected chi connectivity index (χ2v) is 8.77. The quantitative estimate of drug-likeness (QED) is 0.454. The number of amides is 2. The Balaban J connectivity index is 1.91. The van der Waals surface area contributed by atoms with Crippen LogP contribution in [0, 0.1) is 0 Å². The van der Waals surface area contributed by atoms with Crippen molar-refractivity contribution in [3.63, 3.8) is 0 Å². The molecule has 0 saturated carbocycles. The van der Waals surface area contributed by atoms with E-state index >= 15 is 0 Å². The molecule has 0 aliphatic heterocycles. The monoisotopic (exact) mass is 468 g/mol. The second-order valence-electron chi connectivity index (χ2n) is 8.77. The lowest BCUT2D eigenvalue weighted by Crippen LogP contribution is -2.36. The highest BCUT2D eigenvalue weighted by Crippen LogP contribution is 2.34. The lowest BCUT2D eigenvalue weighted by Gasteiger charge is -2.21. The number of H-pyrrole nitrogens is 1. The van der Waals surface area contributed by atoms with E-state index in [-0.39, 0.29) is 35.5 Å². The van der Waals surface area contributed by atoms with Crippen LogP contribution in [0.15, 0.2) is 30.6 Å². The van der Waals surface area contributed by atoms with Gasteiger partial charge >= 0.3 is 5.97 Å². The Hall–Kier alpha value is -3.95. The van der Waals surface area contributed by atoms with Gasteiger partial charge in [-0.05, 0) is 45.4 Å². The van der Waals surface area contributed by atoms with Gasteiger partial charge in [0.2, 0.25) is 0 Å². The van der Waals surface area contributed by atoms with E-state index in [0.717, 1.165) is 0 Å². The Morgan fingerprint density at radius 2 is 1.97 bits per heavy atom. The molecule has 2 heterocycles. The minimum atomic E-state index is -0.631. The van der Waals surface area contributed by atoms with E-state index in [2.05, 4.69) is 25.8 Å². The molecule has 180 valence electrons. The number of pyridine rings is 1. The third kappa shape index (κ3) is 5.51. The Morgan fingerprint density at radius 3 is 2.62 bits per heavy atom. The van der Waals surface area contributed by atoms with Gasteiger partial charge in [-0.2, -0.15) is 5.10 Å². The maximum atomic E-state index is 13.1. The zero-order chi connectivity index (χ0) is 25.9. The molecule has 10 heteroatoms. The fourth-order valence-corrected chi connectivity index (χ4v) is 3.44. The maximum Gasteiger partial charge on any atom is 0.308 e. The number of nitrogens with zero attached hydrogens (tertiary/aromatic N) is 2. The lowest BCUT2D eigenvalue weighted by molar-refractivity contribution is -0.155. The zero-order valence-electron chi connectivity index (χ0n) is 21.0. The summed E-state index contributed by atoms with van der Waals surface area (Å²) in [5.41, 5.74) is 1.30. The molecule has 1 aromatic carbocycles. The van der Waals surface area contributed by atoms with E-state index in [0.29, 0.717) is 22.0 Å². The van der Waals surface area contributed by atoms with Crippen molar-refractivity contribution in [1.82, 2.24) is 25.8 Å². The van der Waals surface area contributed by atoms with Crippen LogP contribution in [-0.4, -0.2) is 58.8 Å². The van der Waals surface area contributed by atoms with Crippen molar-refractivity contribution in [2.75, 3.05) is 14.2 Å². The number of ether oxygens (including phenoxy) is 2. The first-order valence-electron chi connectivity index (χ1n) is 11.2. The Kier molecular flexibility index (Phi) is 6.76. The summed E-state index contributed by atoms with van der Waals surface area (Å²) in [7, 11) is 2.93. The predicted molar refractivity (Wildman–Crippen MR) is 127 cm³/mol. The molecule has 10 nitrogen and oxygen atoms in total. The molecule has 2 aromatic heterocycles. The van der Waals surface area contributed by atoms with Crippen molar-refractivity contribution in [2.45, 2.75) is 45.8 Å². The number of nitrogens with one attached hydrogen (secondary N) is 3. The van der Waals surface area contributed by atoms with E-state index < -0.39 is 23.5 Å². The number of hydrogen-bond acceptors (Lipinski definition) is 7. The highest BCUT2D eigenvalue weighted by atomic mass is 16.6. The van der Waals surface area contributed by atoms with Crippen LogP contribution in [0.2, 0.25) is 0 Å². The van der Waals surface area contributed by atoms with E-state index in [4.69, 9.17) is 10.8 Å². The van der Waals surface area contributed by atoms with Gasteiger partial charge < -0.3 is 20.1 Å². The van der Waals surface area contributed by atoms with Crippen molar-refractivity contribution in [2.24, 2.45) is 0 Å². The number of esters is 1. The van der Waals surface area contributed by atoms with Crippen LogP contribution >= 0.6 is 0 Å². The standard InChI is InChI=1S/C24H29N5O5/c1-13(9-19(30)34-24(2,3)4)27-22(31)17-12-26-11-16(21(17)33-6)14-7-8-15-18(10-14)28-29-20(15)23(32)25-5/h7-8,10-13H,9H2,1-6H3,(H,25,32)(H,27,31)(H,28,29)/t13-/m1/s1/i12D. The largest absolute Gasteiger partial charge is 0.495 e. The molecule has 0 spiro atoms. The predicted octanol–water partition coefficient (Wildman–Crippen LogP) is 2.84. The van der Waals surface area contributed by atoms with Crippen LogP contribution < -0.4 is 15.4 Å². The summed E-state index contributed by atoms with van der Waals surface area (Å²) in [5, 5.41) is 12.8. The Morgan fingerprint density at radius 1 is 1.24 bits per heavy atom. The zero-order valence-corrected chi connectivity index (χ0v) is 20.0. The molecule has 0 unspecified atom stereocenters. The van der Waals surface area contributed by atoms with Crippen molar-refractivity contribution in [3.05, 3.63) is 41.8 Å². The van der Waals surface area contributed by atoms with Gasteiger partial charge in [-0.25, -0.2) is 0 Å². The molecule has 0 aliphatic rings. The number of rotatable bonds is 7. The molecule has 1 atom stereocenters. The highest BCUT2D eigenvalue weighted by molar-refractivity contribution is 6.05. The molecule has 0 aliphatic carbocycles. The summed E-state index contributed by atoms with van der Waals surface area (Å²) < 4.78 is 19.0. The maximum absolute atomic E-state index is 13.1. The molecule has 3 N–H and O–H groups in total. The van der Waals surface area contributed by atoms with Crippen LogP contribution in [-0.2, 0) is 9.53 Å². The van der Waals surface area contributed by atoms with Gasteiger partial charge in [0.05, 0.1) is 20.4 Å². The van der Waals surface area contributed by atoms with Crippen molar-refractivity contribution in [1.29, 1.82) is 0 Å². The van der Waals surface area contributed by atoms with E-state index in [1.165, 1.54) is 20.4 Å². The normalized spacial score (nSPS) is 12.6. The SMILES string of the molecule is [2H]c1ncc(-c2ccc3c(C(=O)NC)n[nH]c3c2)c(OC)c1C(=O)N[C@H](C)CC(=O)OC(C)(C)C. The third-order valence-corrected chi connectivity index (χ3v) is 4.86. The summed E-state index contributed by atoms with van der Waals surface area (Å²) in [6.45, 7) is 6.97. The molecule has 0 fully saturated rings. The minimum absolute atomic E-state index is 0.0318. The Labute approximate surface area is 198 Å². The van der Waals surface area contributed by atoms with Crippen LogP contribution in [0.1, 0.15) is 56.3 Å². The van der Waals surface area contributed by atoms with Crippen molar-refractivity contribution >= 4 is 28.7 Å². The first-order chi connectivity index (χ1) is 16.4. The van der Waals surface area contributed by atoms with Gasteiger partial charge in [0, 0.05) is 36.4 Å². The second kappa shape index (κ2) is 9.90. The van der Waals surface area contributed by atoms with E-state index in [1.807, 2.05) is 0 Å². The van der Waals surface area contributed by atoms with Gasteiger partial charge in [-0.3, -0.25) is 24.5 Å². The molecule has 2 amide bonds. The topological polar surface area (TPSA) is 135 Å². The van der Waals surface area contributed by atoms with Gasteiger partial charge in [-0.1, -0.05) is 6.07 Å². The molecular weight excluding hydrogens is 438 g/mol. The number of carbonyl (C=O) groups is 3. The number of hydrogen-bond donors (Lipinski definition) is 3. The number of aromatic nitrogens is 3.